The van der Waals surface area contributed by atoms with Crippen LogP contribution in [0.4, 0.5) is 8.78 Å². The number of benzene rings is 2. The Morgan fingerprint density at radius 3 is 2.13 bits per heavy atom. The van der Waals surface area contributed by atoms with Crippen LogP contribution in [-0.4, -0.2) is 102 Å². The normalized spacial score (nSPS) is 19.8. The number of halogens is 2. The van der Waals surface area contributed by atoms with Gasteiger partial charge in [-0.3, -0.25) is 19.3 Å². The predicted octanol–water partition coefficient (Wildman–Crippen LogP) is 1.68. The quantitative estimate of drug-likeness (QED) is 0.0959. The molecule has 1 saturated heterocycles. The fraction of sp³-hybridized carbons (Fsp3) is 0.400. The summed E-state index contributed by atoms with van der Waals surface area (Å²) in [5.74, 6) is -10.9. The molecule has 2 aliphatic rings. The van der Waals surface area contributed by atoms with Crippen LogP contribution in [-0.2, 0) is 9.59 Å². The van der Waals surface area contributed by atoms with E-state index < -0.39 is 93.3 Å². The van der Waals surface area contributed by atoms with E-state index in [9.17, 15) is 58.6 Å². The molecule has 0 aromatic heterocycles. The van der Waals surface area contributed by atoms with Crippen molar-refractivity contribution >= 4 is 23.6 Å². The zero-order valence-corrected chi connectivity index (χ0v) is 24.3. The number of phenols is 4. The van der Waals surface area contributed by atoms with Gasteiger partial charge in [0.2, 0.25) is 5.91 Å². The molecule has 15 heteroatoms. The molecule has 45 heavy (non-hydrogen) atoms. The molecule has 4 rings (SSSR count). The summed E-state index contributed by atoms with van der Waals surface area (Å²) >= 11 is 0. The maximum absolute atomic E-state index is 14.3. The van der Waals surface area contributed by atoms with Crippen LogP contribution in [0.25, 0.3) is 0 Å². The van der Waals surface area contributed by atoms with E-state index in [1.54, 1.807) is 11.8 Å². The van der Waals surface area contributed by atoms with Crippen LogP contribution in [0.2, 0.25) is 0 Å². The molecular weight excluding hydrogens is 600 g/mol. The van der Waals surface area contributed by atoms with Crippen molar-refractivity contribution in [1.29, 1.82) is 0 Å². The minimum Gasteiger partial charge on any atom is -0.504 e. The second-order valence-corrected chi connectivity index (χ2v) is 11.1. The Morgan fingerprint density at radius 1 is 0.978 bits per heavy atom. The lowest BCUT2D eigenvalue weighted by Gasteiger charge is -2.46. The van der Waals surface area contributed by atoms with Gasteiger partial charge in [-0.25, -0.2) is 13.6 Å². The Balaban J connectivity index is 1.51. The van der Waals surface area contributed by atoms with Gasteiger partial charge < -0.3 is 40.9 Å². The van der Waals surface area contributed by atoms with Crippen molar-refractivity contribution in [3.8, 4) is 23.0 Å². The number of carboxylic acids is 1. The summed E-state index contributed by atoms with van der Waals surface area (Å²) in [5, 5.41) is 60.7. The molecule has 0 radical (unpaired) electrons. The number of carbonyl (C=O) groups is 4. The van der Waals surface area contributed by atoms with E-state index >= 15 is 0 Å². The molecule has 242 valence electrons. The molecule has 0 bridgehead atoms. The van der Waals surface area contributed by atoms with E-state index in [1.807, 2.05) is 0 Å². The van der Waals surface area contributed by atoms with Crippen LogP contribution in [0.3, 0.4) is 0 Å². The highest BCUT2D eigenvalue weighted by molar-refractivity contribution is 6.00. The predicted molar refractivity (Wildman–Crippen MR) is 151 cm³/mol. The van der Waals surface area contributed by atoms with Crippen LogP contribution >= 0.6 is 0 Å². The fourth-order valence-corrected chi connectivity index (χ4v) is 5.88. The van der Waals surface area contributed by atoms with Crippen LogP contribution in [0.1, 0.15) is 47.4 Å². The summed E-state index contributed by atoms with van der Waals surface area (Å²) < 4.78 is 28.6. The Hall–Kier alpha value is -4.76. The van der Waals surface area contributed by atoms with E-state index in [-0.39, 0.29) is 44.7 Å². The number of ketones is 1. The number of aromatic hydroxyl groups is 4. The molecular formula is C30H33F2N3O10. The molecule has 2 aromatic carbocycles. The van der Waals surface area contributed by atoms with Crippen molar-refractivity contribution in [2.75, 3.05) is 26.2 Å². The Labute approximate surface area is 255 Å². The number of phenolic OH excluding ortho intramolecular Hbond substituents is 4. The molecule has 1 fully saturated rings. The molecule has 2 aromatic rings. The lowest BCUT2D eigenvalue weighted by Crippen LogP contribution is -2.63. The third-order valence-corrected chi connectivity index (χ3v) is 8.24. The average molecular weight is 634 g/mol. The number of Topliss-reactive ketones (excluding diaryl/α,β-unsaturated/α-hetero) is 1. The van der Waals surface area contributed by atoms with Crippen molar-refractivity contribution < 1.29 is 58.6 Å². The first-order valence-electron chi connectivity index (χ1n) is 14.1. The third kappa shape index (κ3) is 6.26. The number of carboxylic acid groups (broad SMARTS) is 1. The number of nitrogens with one attached hydrogen (secondary N) is 1. The first-order chi connectivity index (χ1) is 21.2. The van der Waals surface area contributed by atoms with Crippen LogP contribution in [0.5, 0.6) is 23.0 Å². The minimum atomic E-state index is -1.34. The number of aliphatic hydroxyl groups is 1. The van der Waals surface area contributed by atoms with E-state index in [0.29, 0.717) is 5.57 Å². The standard InChI is InChI=1S/C30H33F2N3O10/c1-13-17(25(30(44)45)35-24(13)21(14(2)36)29(35)43)12-34(10-3-4-18(37)15-5-7-19(38)26(40)22(15)31)11-9-33-28(42)16-6-8-20(39)27(41)23(16)32/h5-8,13-14,21,24,36,38-41H,3-4,9-12H2,1-2H3,(H,33,42)(H,44,45)/t13-,14+,21+,24+/m0/s1. The second-order valence-electron chi connectivity index (χ2n) is 11.1. The zero-order chi connectivity index (χ0) is 33.3. The molecule has 7 N–H and O–H groups in total. The number of hydrogen-bond donors (Lipinski definition) is 7. The molecule has 0 spiro atoms. The van der Waals surface area contributed by atoms with E-state index in [1.165, 1.54) is 6.92 Å². The lowest BCUT2D eigenvalue weighted by molar-refractivity contribution is -0.163. The molecule has 0 unspecified atom stereocenters. The smallest absolute Gasteiger partial charge is 0.352 e. The molecule has 0 aliphatic carbocycles. The summed E-state index contributed by atoms with van der Waals surface area (Å²) in [6, 6.07) is 3.36. The zero-order valence-electron chi connectivity index (χ0n) is 24.3. The number of amides is 2. The van der Waals surface area contributed by atoms with Gasteiger partial charge >= 0.3 is 5.97 Å². The van der Waals surface area contributed by atoms with Gasteiger partial charge in [0, 0.05) is 32.0 Å². The van der Waals surface area contributed by atoms with Crippen molar-refractivity contribution in [3.63, 3.8) is 0 Å². The van der Waals surface area contributed by atoms with Gasteiger partial charge in [-0.2, -0.15) is 0 Å². The third-order valence-electron chi connectivity index (χ3n) is 8.24. The van der Waals surface area contributed by atoms with Crippen molar-refractivity contribution in [1.82, 2.24) is 15.1 Å². The molecule has 4 atom stereocenters. The Bertz CT molecular complexity index is 1500. The first-order valence-corrected chi connectivity index (χ1v) is 14.1. The van der Waals surface area contributed by atoms with E-state index in [0.717, 1.165) is 29.2 Å². The van der Waals surface area contributed by atoms with Crippen molar-refractivity contribution in [3.05, 3.63) is 58.3 Å². The van der Waals surface area contributed by atoms with Gasteiger partial charge in [-0.1, -0.05) is 6.92 Å². The summed E-state index contributed by atoms with van der Waals surface area (Å²) in [7, 11) is 0. The summed E-state index contributed by atoms with van der Waals surface area (Å²) in [6.45, 7) is 3.20. The topological polar surface area (TPSA) is 208 Å². The Morgan fingerprint density at radius 2 is 1.56 bits per heavy atom. The highest BCUT2D eigenvalue weighted by atomic mass is 19.1. The molecule has 0 saturated carbocycles. The second kappa shape index (κ2) is 13.1. The molecule has 13 nitrogen and oxygen atoms in total. The number of aliphatic hydroxyl groups excluding tert-OH is 1. The van der Waals surface area contributed by atoms with E-state index in [4.69, 9.17) is 0 Å². The summed E-state index contributed by atoms with van der Waals surface area (Å²) in [6.07, 6.45) is -1.10. The van der Waals surface area contributed by atoms with E-state index in [2.05, 4.69) is 5.32 Å². The number of β-lactam (4-membered cyclic amide) rings is 1. The van der Waals surface area contributed by atoms with Crippen LogP contribution in [0.15, 0.2) is 35.5 Å². The number of rotatable bonds is 13. The van der Waals surface area contributed by atoms with Gasteiger partial charge in [0.25, 0.3) is 5.91 Å². The highest BCUT2D eigenvalue weighted by Crippen LogP contribution is 2.47. The highest BCUT2D eigenvalue weighted by Gasteiger charge is 2.59. The SMILES string of the molecule is C[C@@H](O)[C@H]1C(=O)N2C(C(=O)O)=C(CN(CCCC(=O)c3ccc(O)c(O)c3F)CCNC(=O)c3ccc(O)c(O)c3F)[C@H](C)[C@H]12. The molecule has 2 heterocycles. The fourth-order valence-electron chi connectivity index (χ4n) is 5.88. The maximum atomic E-state index is 14.3. The van der Waals surface area contributed by atoms with Crippen molar-refractivity contribution in [2.45, 2.75) is 38.8 Å². The van der Waals surface area contributed by atoms with Gasteiger partial charge in [-0.15, -0.1) is 0 Å². The number of fused-ring (bicyclic) bond motifs is 1. The van der Waals surface area contributed by atoms with Gasteiger partial charge in [0.1, 0.15) is 5.70 Å². The molecule has 2 amide bonds. The summed E-state index contributed by atoms with van der Waals surface area (Å²) in [4.78, 5) is 53.1. The average Bonchev–Trinajstić information content (AvgIpc) is 3.21. The van der Waals surface area contributed by atoms with Gasteiger partial charge in [0.05, 0.1) is 29.2 Å². The number of nitrogens with zero attached hydrogens (tertiary/aromatic N) is 2. The summed E-state index contributed by atoms with van der Waals surface area (Å²) in [5.41, 5.74) is -0.807. The van der Waals surface area contributed by atoms with Crippen LogP contribution in [0, 0.1) is 23.5 Å². The largest absolute Gasteiger partial charge is 0.504 e. The first kappa shape index (κ1) is 33.1. The van der Waals surface area contributed by atoms with Gasteiger partial charge in [0.15, 0.2) is 40.4 Å². The minimum absolute atomic E-state index is 0.0254. The van der Waals surface area contributed by atoms with Crippen molar-refractivity contribution in [2.24, 2.45) is 11.8 Å². The maximum Gasteiger partial charge on any atom is 0.352 e. The number of hydrogen-bond acceptors (Lipinski definition) is 10. The van der Waals surface area contributed by atoms with Gasteiger partial charge in [-0.05, 0) is 49.7 Å². The lowest BCUT2D eigenvalue weighted by atomic mass is 9.77. The van der Waals surface area contributed by atoms with Crippen LogP contribution < -0.4 is 5.32 Å². The molecule has 2 aliphatic heterocycles. The Kier molecular flexibility index (Phi) is 9.63. The number of aliphatic carboxylic acids is 1. The monoisotopic (exact) mass is 633 g/mol. The number of carbonyl (C=O) groups excluding carboxylic acids is 3.